The van der Waals surface area contributed by atoms with Crippen molar-refractivity contribution in [3.63, 3.8) is 0 Å². The second-order valence-electron chi connectivity index (χ2n) is 4.40. The summed E-state index contributed by atoms with van der Waals surface area (Å²) in [4.78, 5) is 6.35. The highest BCUT2D eigenvalue weighted by Gasteiger charge is 2.29. The first kappa shape index (κ1) is 10.5. The minimum absolute atomic E-state index is 0.299. The van der Waals surface area contributed by atoms with Crippen LogP contribution in [0, 0.1) is 0 Å². The number of aromatic nitrogens is 1. The molecule has 0 aliphatic carbocycles. The lowest BCUT2D eigenvalue weighted by atomic mass is 10.3. The van der Waals surface area contributed by atoms with Gasteiger partial charge in [0.05, 0.1) is 5.56 Å². The number of ether oxygens (including phenoxy) is 2. The van der Waals surface area contributed by atoms with Gasteiger partial charge in [-0.15, -0.1) is 0 Å². The lowest BCUT2D eigenvalue weighted by molar-refractivity contribution is 0.165. The Morgan fingerprint density at radius 1 is 1.47 bits per heavy atom. The van der Waals surface area contributed by atoms with Crippen molar-refractivity contribution in [2.45, 2.75) is 6.54 Å². The highest BCUT2D eigenvalue weighted by atomic mass is 16.7. The maximum Gasteiger partial charge on any atom is 0.242 e. The molecule has 3 rings (SSSR count). The van der Waals surface area contributed by atoms with E-state index in [-0.39, 0.29) is 0 Å². The molecule has 1 N–H and O–H groups in total. The van der Waals surface area contributed by atoms with Crippen LogP contribution in [0.5, 0.6) is 11.6 Å². The Kier molecular flexibility index (Phi) is 2.44. The van der Waals surface area contributed by atoms with Gasteiger partial charge >= 0.3 is 0 Å². The van der Waals surface area contributed by atoms with Crippen LogP contribution < -0.4 is 14.8 Å². The number of nitrogens with zero attached hydrogens (tertiary/aromatic N) is 3. The highest BCUT2D eigenvalue weighted by Crippen LogP contribution is 2.43. The van der Waals surface area contributed by atoms with Crippen LogP contribution in [0.3, 0.4) is 0 Å². The van der Waals surface area contributed by atoms with Crippen molar-refractivity contribution in [3.05, 3.63) is 5.56 Å². The van der Waals surface area contributed by atoms with Crippen LogP contribution in [0.4, 0.5) is 5.82 Å². The van der Waals surface area contributed by atoms with Gasteiger partial charge in [0.1, 0.15) is 12.5 Å². The zero-order valence-corrected chi connectivity index (χ0v) is 10.1. The summed E-state index contributed by atoms with van der Waals surface area (Å²) in [7, 11) is 4.12. The van der Waals surface area contributed by atoms with Crippen LogP contribution in [-0.4, -0.2) is 49.8 Å². The van der Waals surface area contributed by atoms with Crippen LogP contribution in [0.1, 0.15) is 5.56 Å². The Hall–Kier alpha value is -1.69. The summed E-state index contributed by atoms with van der Waals surface area (Å²) in [5.74, 6) is 2.68. The molecule has 92 valence electrons. The number of anilines is 1. The predicted molar refractivity (Wildman–Crippen MR) is 65.2 cm³/mol. The number of likely N-dealkylation sites (N-methyl/N-ethyl adjacent to an activating group) is 1. The molecule has 0 atom stereocenters. The summed E-state index contributed by atoms with van der Waals surface area (Å²) in [5.41, 5.74) is 1.00. The Morgan fingerprint density at radius 3 is 3.18 bits per heavy atom. The average molecular weight is 236 g/mol. The molecular formula is C11H16N4O2. The lowest BCUT2D eigenvalue weighted by Gasteiger charge is -2.17. The standard InChI is InChI=1S/C11H16N4O2/c1-14(2)3-4-15-10-8(5-12-6-13-10)9-11(15)17-7-16-9/h5,13H,3-4,6-7H2,1-2H3. The molecule has 0 fully saturated rings. The minimum atomic E-state index is 0.299. The Labute approximate surface area is 99.8 Å². The molecule has 2 aliphatic heterocycles. The van der Waals surface area contributed by atoms with Crippen molar-refractivity contribution in [3.8, 4) is 11.6 Å². The molecule has 0 amide bonds. The summed E-state index contributed by atoms with van der Waals surface area (Å²) in [6.45, 7) is 2.73. The summed E-state index contributed by atoms with van der Waals surface area (Å²) in [6.07, 6.45) is 1.85. The number of nitrogens with one attached hydrogen (secondary N) is 1. The summed E-state index contributed by atoms with van der Waals surface area (Å²) < 4.78 is 13.2. The average Bonchev–Trinajstić information content (AvgIpc) is 2.87. The Morgan fingerprint density at radius 2 is 2.35 bits per heavy atom. The van der Waals surface area contributed by atoms with E-state index in [0.29, 0.717) is 13.5 Å². The summed E-state index contributed by atoms with van der Waals surface area (Å²) in [6, 6.07) is 0. The van der Waals surface area contributed by atoms with Gasteiger partial charge in [-0.2, -0.15) is 0 Å². The third-order valence-corrected chi connectivity index (χ3v) is 2.94. The van der Waals surface area contributed by atoms with Gasteiger partial charge in [0.2, 0.25) is 12.7 Å². The lowest BCUT2D eigenvalue weighted by Crippen LogP contribution is -2.21. The van der Waals surface area contributed by atoms with E-state index < -0.39 is 0 Å². The molecule has 0 aromatic carbocycles. The van der Waals surface area contributed by atoms with Crippen molar-refractivity contribution in [2.24, 2.45) is 4.99 Å². The second kappa shape index (κ2) is 3.96. The molecular weight excluding hydrogens is 220 g/mol. The number of hydrogen-bond acceptors (Lipinski definition) is 5. The molecule has 0 radical (unpaired) electrons. The van der Waals surface area contributed by atoms with Crippen LogP contribution >= 0.6 is 0 Å². The van der Waals surface area contributed by atoms with Gasteiger partial charge in [0.15, 0.2) is 5.75 Å². The van der Waals surface area contributed by atoms with E-state index in [1.807, 2.05) is 6.21 Å². The monoisotopic (exact) mass is 236 g/mol. The van der Waals surface area contributed by atoms with Gasteiger partial charge in [-0.25, -0.2) is 0 Å². The third kappa shape index (κ3) is 1.64. The maximum absolute atomic E-state index is 5.54. The fraction of sp³-hybridized carbons (Fsp3) is 0.545. The van der Waals surface area contributed by atoms with Gasteiger partial charge in [0, 0.05) is 19.3 Å². The molecule has 0 spiro atoms. The summed E-state index contributed by atoms with van der Waals surface area (Å²) >= 11 is 0. The van der Waals surface area contributed by atoms with Crippen LogP contribution in [0.2, 0.25) is 0 Å². The van der Waals surface area contributed by atoms with Gasteiger partial charge < -0.3 is 19.7 Å². The van der Waals surface area contributed by atoms with E-state index in [9.17, 15) is 0 Å². The van der Waals surface area contributed by atoms with E-state index in [0.717, 1.165) is 36.1 Å². The Balaban J connectivity index is 1.99. The fourth-order valence-electron chi connectivity index (χ4n) is 2.10. The van der Waals surface area contributed by atoms with E-state index in [2.05, 4.69) is 33.9 Å². The largest absolute Gasteiger partial charge is 0.451 e. The summed E-state index contributed by atoms with van der Waals surface area (Å²) in [5, 5.41) is 3.27. The quantitative estimate of drug-likeness (QED) is 0.834. The topological polar surface area (TPSA) is 51.0 Å². The normalized spacial score (nSPS) is 16.2. The van der Waals surface area contributed by atoms with Gasteiger partial charge in [-0.3, -0.25) is 9.56 Å². The zero-order valence-electron chi connectivity index (χ0n) is 10.1. The minimum Gasteiger partial charge on any atom is -0.451 e. The van der Waals surface area contributed by atoms with Crippen molar-refractivity contribution in [2.75, 3.05) is 39.4 Å². The fourth-order valence-corrected chi connectivity index (χ4v) is 2.10. The maximum atomic E-state index is 5.54. The van der Waals surface area contributed by atoms with Gasteiger partial charge in [-0.05, 0) is 14.1 Å². The van der Waals surface area contributed by atoms with Crippen LogP contribution in [0.25, 0.3) is 0 Å². The molecule has 0 bridgehead atoms. The SMILES string of the molecule is CN(C)CCn1c2c(c3c1OCO3)C=NCN2. The van der Waals surface area contributed by atoms with E-state index >= 15 is 0 Å². The van der Waals surface area contributed by atoms with Crippen molar-refractivity contribution < 1.29 is 9.47 Å². The molecule has 6 nitrogen and oxygen atoms in total. The predicted octanol–water partition coefficient (Wildman–Crippen LogP) is 0.580. The number of hydrogen-bond donors (Lipinski definition) is 1. The van der Waals surface area contributed by atoms with E-state index in [1.165, 1.54) is 0 Å². The molecule has 6 heteroatoms. The van der Waals surface area contributed by atoms with Crippen LogP contribution in [-0.2, 0) is 6.54 Å². The van der Waals surface area contributed by atoms with Crippen molar-refractivity contribution in [1.29, 1.82) is 0 Å². The molecule has 17 heavy (non-hydrogen) atoms. The number of rotatable bonds is 3. The molecule has 2 aliphatic rings. The number of fused-ring (bicyclic) bond motifs is 3. The first-order valence-corrected chi connectivity index (χ1v) is 5.68. The molecule has 0 saturated heterocycles. The molecule has 1 aromatic heterocycles. The highest BCUT2D eigenvalue weighted by molar-refractivity contribution is 5.94. The Bertz CT molecular complexity index is 465. The van der Waals surface area contributed by atoms with Gasteiger partial charge in [0.25, 0.3) is 0 Å². The van der Waals surface area contributed by atoms with Crippen molar-refractivity contribution >= 4 is 12.0 Å². The molecule has 0 saturated carbocycles. The molecule has 1 aromatic rings. The number of aliphatic imine (C=N–C) groups is 1. The first-order chi connectivity index (χ1) is 8.27. The zero-order chi connectivity index (χ0) is 11.8. The van der Waals surface area contributed by atoms with Crippen LogP contribution in [0.15, 0.2) is 4.99 Å². The molecule has 0 unspecified atom stereocenters. The van der Waals surface area contributed by atoms with Crippen molar-refractivity contribution in [1.82, 2.24) is 9.47 Å². The molecule has 3 heterocycles. The van der Waals surface area contributed by atoms with E-state index in [4.69, 9.17) is 9.47 Å². The van der Waals surface area contributed by atoms with Gasteiger partial charge in [-0.1, -0.05) is 0 Å². The van der Waals surface area contributed by atoms with E-state index in [1.54, 1.807) is 0 Å². The smallest absolute Gasteiger partial charge is 0.242 e. The third-order valence-electron chi connectivity index (χ3n) is 2.94. The first-order valence-electron chi connectivity index (χ1n) is 5.68. The second-order valence-corrected chi connectivity index (χ2v) is 4.40.